The van der Waals surface area contributed by atoms with Crippen LogP contribution in [0.3, 0.4) is 0 Å². The summed E-state index contributed by atoms with van der Waals surface area (Å²) in [4.78, 5) is 69.0. The minimum absolute atomic E-state index is 0.0299. The Morgan fingerprint density at radius 3 is 1.14 bits per heavy atom. The topological polar surface area (TPSA) is 421 Å². The monoisotopic (exact) mass is 2290 g/mol. The van der Waals surface area contributed by atoms with Gasteiger partial charge in [-0.2, -0.15) is 0 Å². The van der Waals surface area contributed by atoms with Gasteiger partial charge in [0.05, 0.1) is 98.0 Å². The molecule has 27 nitrogen and oxygen atoms in total. The fourth-order valence-electron chi connectivity index (χ4n) is 17.1. The van der Waals surface area contributed by atoms with Crippen molar-refractivity contribution in [2.24, 2.45) is 0 Å². The van der Waals surface area contributed by atoms with Crippen LogP contribution < -0.4 is 11.5 Å². The quantitative estimate of drug-likeness (QED) is 0.0152. The molecule has 0 saturated heterocycles. The molecule has 4 aromatic heterocycles. The Labute approximate surface area is 850 Å². The molecule has 4 atom stereocenters. The Bertz CT molecular complexity index is 7210. The molecule has 16 rings (SSSR count). The van der Waals surface area contributed by atoms with Crippen LogP contribution in [-0.4, -0.2) is 163 Å². The summed E-state index contributed by atoms with van der Waals surface area (Å²) in [5, 5.41) is 4.85. The Kier molecular flexibility index (Phi) is 41.1. The fourth-order valence-corrected chi connectivity index (χ4v) is 23.5. The second kappa shape index (κ2) is 49.6. The number of esters is 4. The van der Waals surface area contributed by atoms with Crippen LogP contribution in [-0.2, 0) is 136 Å². The number of anilines is 2. The average molecular weight is 2290 g/mol. The van der Waals surface area contributed by atoms with Gasteiger partial charge in [-0.05, 0) is 295 Å². The molecule has 138 heavy (non-hydrogen) atoms. The molecule has 0 radical (unpaired) electrons. The number of aryl methyl sites for hydroxylation is 4. The number of sulfone groups is 6. The first kappa shape index (κ1) is 114. The molecule has 4 unspecified atom stereocenters. The van der Waals surface area contributed by atoms with E-state index in [1.165, 1.54) is 62.5 Å². The number of hydrogen-bond acceptors (Lipinski definition) is 23. The third-order valence-corrected chi connectivity index (χ3v) is 32.4. The first-order valence-corrected chi connectivity index (χ1v) is 59.9. The first-order valence-electron chi connectivity index (χ1n) is 45.2. The molecule has 0 bridgehead atoms. The minimum atomic E-state index is -3.51. The van der Waals surface area contributed by atoms with E-state index in [0.717, 1.165) is 158 Å². The molecule has 4 aliphatic rings. The molecule has 0 fully saturated rings. The lowest BCUT2D eigenvalue weighted by Crippen LogP contribution is -2.14. The number of halogens is 5. The maximum atomic E-state index is 12.7. The highest BCUT2D eigenvalue weighted by molar-refractivity contribution is 14.1. The fraction of sp³-hybridized carbons (Fsp3) is 0.390. The van der Waals surface area contributed by atoms with E-state index < -0.39 is 59.0 Å². The van der Waals surface area contributed by atoms with Crippen molar-refractivity contribution in [2.75, 3.05) is 75.4 Å². The van der Waals surface area contributed by atoms with Crippen molar-refractivity contribution in [1.82, 2.24) is 19.1 Å². The number of aromatic nitrogens is 4. The molecule has 748 valence electrons. The van der Waals surface area contributed by atoms with Crippen LogP contribution >= 0.6 is 77.7 Å². The second-order valence-electron chi connectivity index (χ2n) is 32.8. The molecule has 0 saturated carbocycles. The van der Waals surface area contributed by atoms with Crippen molar-refractivity contribution in [2.45, 2.75) is 219 Å². The Balaban J connectivity index is 0.000000208. The van der Waals surface area contributed by atoms with E-state index in [1.807, 2.05) is 113 Å². The number of nitrogens with two attached hydrogens (primary N) is 2. The smallest absolute Gasteiger partial charge is 0.306 e. The van der Waals surface area contributed by atoms with E-state index in [1.54, 1.807) is 100 Å². The molecule has 12 aromatic rings. The number of hydrogen-bond donors (Lipinski definition) is 4. The van der Waals surface area contributed by atoms with Crippen LogP contribution in [0.25, 0.3) is 43.6 Å². The number of H-pyrrole nitrogens is 2. The van der Waals surface area contributed by atoms with Gasteiger partial charge in [0, 0.05) is 164 Å². The number of nitrogens with zero attached hydrogens (tertiary/aromatic N) is 2. The summed E-state index contributed by atoms with van der Waals surface area (Å²) >= 11 is 21.2. The van der Waals surface area contributed by atoms with Gasteiger partial charge in [0.2, 0.25) is 0 Å². The Morgan fingerprint density at radius 1 is 0.399 bits per heavy atom. The predicted octanol–water partition coefficient (Wildman–Crippen LogP) is 21.3. The normalized spacial score (nSPS) is 15.1. The van der Waals surface area contributed by atoms with Crippen LogP contribution in [0.15, 0.2) is 184 Å². The number of benzene rings is 8. The zero-order valence-corrected chi connectivity index (χ0v) is 92.1. The van der Waals surface area contributed by atoms with Crippen LogP contribution in [0.4, 0.5) is 11.4 Å². The van der Waals surface area contributed by atoms with Crippen molar-refractivity contribution in [3.8, 4) is 0 Å². The van der Waals surface area contributed by atoms with E-state index in [-0.39, 0.29) is 69.5 Å². The summed E-state index contributed by atoms with van der Waals surface area (Å²) < 4.78 is 167. The summed E-state index contributed by atoms with van der Waals surface area (Å²) in [6.45, 7) is 23.1. The molecule has 6 N–H and O–H groups in total. The number of nitrogens with one attached hydrogen (secondary N) is 2. The number of rotatable bonds is 23. The highest BCUT2D eigenvalue weighted by Crippen LogP contribution is 2.49. The number of fused-ring (bicyclic) bond motifs is 12. The van der Waals surface area contributed by atoms with Crippen molar-refractivity contribution < 1.29 is 93.4 Å². The van der Waals surface area contributed by atoms with Crippen molar-refractivity contribution in [3.05, 3.63) is 230 Å². The second-order valence-corrected chi connectivity index (χ2v) is 48.6. The lowest BCUT2D eigenvalue weighted by molar-refractivity contribution is -0.144. The van der Waals surface area contributed by atoms with E-state index >= 15 is 0 Å². The number of aromatic amines is 2. The van der Waals surface area contributed by atoms with Gasteiger partial charge in [0.1, 0.15) is 0 Å². The Morgan fingerprint density at radius 2 is 0.732 bits per heavy atom. The van der Waals surface area contributed by atoms with Gasteiger partial charge < -0.3 is 49.5 Å². The van der Waals surface area contributed by atoms with Gasteiger partial charge in [0.25, 0.3) is 0 Å². The van der Waals surface area contributed by atoms with Crippen LogP contribution in [0.5, 0.6) is 0 Å². The lowest BCUT2D eigenvalue weighted by Gasteiger charge is -2.18. The standard InChI is InChI=1S/C25H26ClNO5S.C23H23BrClNO4S.C16H18BrNO4S.C16H19NO4S.C7H8INO2S.C7H9NO2S.3C2H6/c1-4-32-23(29)11-17-7-10-20-22-13-19(33(3,30)31)12-21(15(2)28)25(22)27(24(17)20)14-16-5-8-18(26)9-6-16;1-3-30-21(27)10-15-6-9-18-19-11-17(31(2,28)29)12-20(24)23(19)26(22(15)18)13-14-4-7-16(25)8-5-14;1-3-22-14(19)6-9-4-5-11-12-7-10(23(2,20)21)8-13(17)16(12)18-15(9)11;1-3-21-15(18)8-10-4-6-12-13-9-11(22(2,19)20)5-7-14(13)17-16(10)12;1-12(10,11)5-2-3-7(9)6(8)4-5;1-11(9,10)7-4-2-6(8)3-5-7;3*1-2/h5-6,8-9,12-13,17H,4,7,10-11,14H2,1-3H3;4-5,7-8,11-12,15H,3,6,9-10,13H2,1-2H3;7-9,18H,3-6H2,1-2H3;5,7,9-10,17H,3-4,6,8H2,1-2H3;2-4H,9H2,1H3;2-5H,8H2,1H3;3*1-2H3. The number of ketones is 1. The number of ether oxygens (including phenoxy) is 4. The molecule has 4 heterocycles. The summed E-state index contributed by atoms with van der Waals surface area (Å²) in [5.74, 6) is -0.866. The largest absolute Gasteiger partial charge is 0.466 e. The van der Waals surface area contributed by atoms with Gasteiger partial charge in [0.15, 0.2) is 64.8 Å². The number of carbonyl (C=O) groups excluding carboxylic acids is 5. The molecule has 4 aliphatic carbocycles. The first-order chi connectivity index (χ1) is 64.9. The molecule has 0 amide bonds. The van der Waals surface area contributed by atoms with Crippen LogP contribution in [0, 0.1) is 3.57 Å². The van der Waals surface area contributed by atoms with Gasteiger partial charge >= 0.3 is 23.9 Å². The molecule has 0 spiro atoms. The lowest BCUT2D eigenvalue weighted by atomic mass is 10.0. The zero-order valence-electron chi connectivity index (χ0n) is 80.4. The molecular formula is C100H121Br2Cl2IN6O21S6. The van der Waals surface area contributed by atoms with Gasteiger partial charge in [-0.15, -0.1) is 0 Å². The van der Waals surface area contributed by atoms with Crippen molar-refractivity contribution in [3.63, 3.8) is 0 Å². The number of nitrogen functional groups attached to an aromatic ring is 2. The Hall–Kier alpha value is -8.96. The van der Waals surface area contributed by atoms with Crippen molar-refractivity contribution >= 4 is 221 Å². The number of carbonyl (C=O) groups is 5. The van der Waals surface area contributed by atoms with Gasteiger partial charge in [-0.25, -0.2) is 50.5 Å². The maximum absolute atomic E-state index is 12.7. The third-order valence-electron chi connectivity index (χ3n) is 23.1. The number of Topliss-reactive ketones (excluding diaryl/α,β-unsaturated/α-hetero) is 1. The van der Waals surface area contributed by atoms with Crippen LogP contribution in [0.1, 0.15) is 218 Å². The van der Waals surface area contributed by atoms with E-state index in [9.17, 15) is 74.5 Å². The third kappa shape index (κ3) is 29.2. The zero-order chi connectivity index (χ0) is 103. The highest BCUT2D eigenvalue weighted by atomic mass is 127. The molecule has 38 heteroatoms. The van der Waals surface area contributed by atoms with E-state index in [2.05, 4.69) is 51.0 Å². The summed E-state index contributed by atoms with van der Waals surface area (Å²) in [7, 11) is -19.5. The van der Waals surface area contributed by atoms with Crippen LogP contribution in [0.2, 0.25) is 10.0 Å². The van der Waals surface area contributed by atoms with E-state index in [0.29, 0.717) is 117 Å². The molecule has 0 aliphatic heterocycles. The predicted molar refractivity (Wildman–Crippen MR) is 563 cm³/mol. The van der Waals surface area contributed by atoms with Crippen molar-refractivity contribution in [1.29, 1.82) is 0 Å². The summed E-state index contributed by atoms with van der Waals surface area (Å²) in [6, 6.07) is 41.0. The minimum Gasteiger partial charge on any atom is -0.466 e. The molecule has 8 aromatic carbocycles. The van der Waals surface area contributed by atoms with Gasteiger partial charge in [-0.3, -0.25) is 24.0 Å². The highest BCUT2D eigenvalue weighted by Gasteiger charge is 2.38. The summed E-state index contributed by atoms with van der Waals surface area (Å²) in [5.41, 5.74) is 26.5. The maximum Gasteiger partial charge on any atom is 0.306 e. The SMILES string of the molecule is CC.CC.CC.CCOC(=O)CC1CCc2c1[nH]c1c(Br)cc(S(C)(=O)=O)cc21.CCOC(=O)CC1CCc2c1[nH]c1ccc(S(C)(=O)=O)cc21.CCOC(=O)CC1CCc2c1n(Cc1ccc(Cl)cc1)c1c(Br)cc(S(C)(=O)=O)cc21.CCOC(=O)CC1CCc2c1n(Cc1ccc(Cl)cc1)c1c(C(C)=O)cc(S(C)(=O)=O)cc21.CS(=O)(=O)c1ccc(N)c(I)c1.CS(=O)(=O)c1ccc(N)cc1. The van der Waals surface area contributed by atoms with E-state index in [4.69, 9.17) is 53.6 Å². The molecular weight excluding hydrogens is 2170 g/mol. The average Bonchev–Trinajstić information content (AvgIpc) is 1.57. The van der Waals surface area contributed by atoms with Gasteiger partial charge in [-0.1, -0.05) is 89.0 Å². The summed E-state index contributed by atoms with van der Waals surface area (Å²) in [6.07, 6.45) is 14.9.